The molecule has 0 heterocycles. The smallest absolute Gasteiger partial charge is 0.335 e. The molecule has 0 saturated heterocycles. The molecule has 0 fully saturated rings. The SMILES string of the molecule is CCOC(=O)C(C(=O)OCC)(C(=O)OCC)C1c2ccc(-c3ccccc3)cc2CC[C@H]1S. The fourth-order valence-electron chi connectivity index (χ4n) is 4.50. The van der Waals surface area contributed by atoms with Crippen molar-refractivity contribution in [2.24, 2.45) is 5.41 Å². The molecule has 0 amide bonds. The van der Waals surface area contributed by atoms with Gasteiger partial charge in [0.25, 0.3) is 5.41 Å². The van der Waals surface area contributed by atoms with Crippen LogP contribution in [0.15, 0.2) is 48.5 Å². The normalized spacial score (nSPS) is 17.6. The van der Waals surface area contributed by atoms with E-state index in [9.17, 15) is 14.4 Å². The van der Waals surface area contributed by atoms with E-state index in [1.54, 1.807) is 20.8 Å². The fraction of sp³-hybridized carbons (Fsp3) is 0.423. The van der Waals surface area contributed by atoms with Gasteiger partial charge in [0.05, 0.1) is 19.8 Å². The highest BCUT2D eigenvalue weighted by Gasteiger charge is 2.65. The van der Waals surface area contributed by atoms with Crippen molar-refractivity contribution in [3.8, 4) is 11.1 Å². The molecule has 7 heteroatoms. The van der Waals surface area contributed by atoms with E-state index in [0.29, 0.717) is 18.4 Å². The molecule has 1 unspecified atom stereocenters. The zero-order valence-corrected chi connectivity index (χ0v) is 20.1. The Kier molecular flexibility index (Phi) is 8.19. The molecule has 33 heavy (non-hydrogen) atoms. The van der Waals surface area contributed by atoms with Crippen LogP contribution in [0, 0.1) is 5.41 Å². The summed E-state index contributed by atoms with van der Waals surface area (Å²) in [7, 11) is 0. The summed E-state index contributed by atoms with van der Waals surface area (Å²) in [5, 5.41) is -0.460. The zero-order chi connectivity index (χ0) is 24.0. The van der Waals surface area contributed by atoms with Crippen LogP contribution in [0.5, 0.6) is 0 Å². The third kappa shape index (κ3) is 4.64. The Balaban J connectivity index is 2.22. The average Bonchev–Trinajstić information content (AvgIpc) is 2.81. The van der Waals surface area contributed by atoms with Gasteiger partial charge < -0.3 is 14.2 Å². The van der Waals surface area contributed by atoms with Gasteiger partial charge in [-0.3, -0.25) is 14.4 Å². The molecule has 0 saturated carbocycles. The van der Waals surface area contributed by atoms with Crippen LogP contribution in [-0.2, 0) is 35.0 Å². The molecule has 2 atom stereocenters. The first-order valence-corrected chi connectivity index (χ1v) is 11.8. The lowest BCUT2D eigenvalue weighted by atomic mass is 9.65. The molecular formula is C26H30O6S. The number of aryl methyl sites for hydroxylation is 1. The average molecular weight is 471 g/mol. The predicted octanol–water partition coefficient (Wildman–Crippen LogP) is 4.36. The van der Waals surface area contributed by atoms with E-state index in [2.05, 4.69) is 0 Å². The predicted molar refractivity (Wildman–Crippen MR) is 128 cm³/mol. The summed E-state index contributed by atoms with van der Waals surface area (Å²) in [6.07, 6.45) is 1.27. The Morgan fingerprint density at radius 3 is 1.91 bits per heavy atom. The molecule has 0 aliphatic heterocycles. The number of fused-ring (bicyclic) bond motifs is 1. The van der Waals surface area contributed by atoms with Gasteiger partial charge in [-0.2, -0.15) is 12.6 Å². The monoisotopic (exact) mass is 470 g/mol. The second kappa shape index (κ2) is 10.9. The molecule has 1 aliphatic rings. The van der Waals surface area contributed by atoms with E-state index in [4.69, 9.17) is 26.8 Å². The minimum atomic E-state index is -2.29. The van der Waals surface area contributed by atoms with Gasteiger partial charge in [-0.1, -0.05) is 48.5 Å². The van der Waals surface area contributed by atoms with Crippen molar-refractivity contribution in [1.82, 2.24) is 0 Å². The number of esters is 3. The van der Waals surface area contributed by atoms with Crippen molar-refractivity contribution >= 4 is 30.5 Å². The Bertz CT molecular complexity index is 958. The maximum atomic E-state index is 13.4. The molecule has 0 radical (unpaired) electrons. The largest absolute Gasteiger partial charge is 0.465 e. The van der Waals surface area contributed by atoms with Gasteiger partial charge >= 0.3 is 17.9 Å². The van der Waals surface area contributed by atoms with Gasteiger partial charge in [0.2, 0.25) is 0 Å². The number of rotatable bonds is 8. The summed E-state index contributed by atoms with van der Waals surface area (Å²) in [6.45, 7) is 4.88. The molecule has 0 N–H and O–H groups in total. The van der Waals surface area contributed by atoms with E-state index in [1.165, 1.54) is 0 Å². The summed E-state index contributed by atoms with van der Waals surface area (Å²) >= 11 is 4.74. The maximum Gasteiger partial charge on any atom is 0.335 e. The molecule has 0 bridgehead atoms. The second-order valence-corrected chi connectivity index (χ2v) is 8.50. The molecule has 2 aromatic rings. The molecule has 6 nitrogen and oxygen atoms in total. The summed E-state index contributed by atoms with van der Waals surface area (Å²) in [5.74, 6) is -3.80. The first-order valence-electron chi connectivity index (χ1n) is 11.3. The standard InChI is InChI=1S/C26H30O6S/c1-4-30-23(27)26(24(28)31-5-2,25(29)32-6-3)22-20-14-12-18(17-10-8-7-9-11-17)16-19(20)13-15-21(22)33/h7-12,14,16,21-22,33H,4-6,13,15H2,1-3H3/t21-,22?/m1/s1. The van der Waals surface area contributed by atoms with Crippen molar-refractivity contribution < 1.29 is 28.6 Å². The van der Waals surface area contributed by atoms with E-state index in [0.717, 1.165) is 16.7 Å². The number of hydrogen-bond donors (Lipinski definition) is 1. The Morgan fingerprint density at radius 1 is 0.848 bits per heavy atom. The van der Waals surface area contributed by atoms with Crippen LogP contribution in [0.2, 0.25) is 0 Å². The summed E-state index contributed by atoms with van der Waals surface area (Å²) in [6, 6.07) is 15.8. The van der Waals surface area contributed by atoms with E-state index in [-0.39, 0.29) is 19.8 Å². The Labute approximate surface area is 200 Å². The van der Waals surface area contributed by atoms with E-state index >= 15 is 0 Å². The van der Waals surface area contributed by atoms with Crippen LogP contribution in [0.4, 0.5) is 0 Å². The number of carbonyl (C=O) groups is 3. The molecule has 0 aromatic heterocycles. The summed E-state index contributed by atoms with van der Waals surface area (Å²) in [4.78, 5) is 40.1. The Morgan fingerprint density at radius 2 is 1.39 bits per heavy atom. The van der Waals surface area contributed by atoms with Crippen LogP contribution in [0.3, 0.4) is 0 Å². The van der Waals surface area contributed by atoms with Crippen LogP contribution >= 0.6 is 12.6 Å². The number of thiol groups is 1. The zero-order valence-electron chi connectivity index (χ0n) is 19.2. The number of benzene rings is 2. The highest BCUT2D eigenvalue weighted by Crippen LogP contribution is 2.49. The van der Waals surface area contributed by atoms with Crippen LogP contribution in [0.1, 0.15) is 44.2 Å². The number of hydrogen-bond acceptors (Lipinski definition) is 7. The van der Waals surface area contributed by atoms with Crippen molar-refractivity contribution in [2.75, 3.05) is 19.8 Å². The summed E-state index contributed by atoms with van der Waals surface area (Å²) in [5.41, 5.74) is 1.43. The van der Waals surface area contributed by atoms with Gasteiger partial charge in [-0.05, 0) is 55.9 Å². The van der Waals surface area contributed by atoms with Crippen molar-refractivity contribution in [2.45, 2.75) is 44.8 Å². The van der Waals surface area contributed by atoms with Gasteiger partial charge in [0.1, 0.15) is 0 Å². The molecule has 2 aromatic carbocycles. The first kappa shape index (κ1) is 24.8. The van der Waals surface area contributed by atoms with Crippen molar-refractivity contribution in [3.05, 3.63) is 59.7 Å². The van der Waals surface area contributed by atoms with Crippen LogP contribution in [0.25, 0.3) is 11.1 Å². The Hall–Kier alpha value is -2.80. The molecule has 0 spiro atoms. The maximum absolute atomic E-state index is 13.4. The van der Waals surface area contributed by atoms with Crippen molar-refractivity contribution in [1.29, 1.82) is 0 Å². The van der Waals surface area contributed by atoms with Gasteiger partial charge in [-0.25, -0.2) is 0 Å². The quantitative estimate of drug-likeness (QED) is 0.267. The first-order chi connectivity index (χ1) is 15.9. The molecule has 176 valence electrons. The lowest BCUT2D eigenvalue weighted by Gasteiger charge is -2.40. The second-order valence-electron chi connectivity index (χ2n) is 7.83. The third-order valence-electron chi connectivity index (χ3n) is 5.94. The van der Waals surface area contributed by atoms with Gasteiger partial charge in [0.15, 0.2) is 0 Å². The lowest BCUT2D eigenvalue weighted by Crippen LogP contribution is -2.56. The number of ether oxygens (including phenoxy) is 3. The minimum absolute atomic E-state index is 0.00313. The van der Waals surface area contributed by atoms with E-state index in [1.807, 2.05) is 48.5 Å². The molecular weight excluding hydrogens is 440 g/mol. The lowest BCUT2D eigenvalue weighted by molar-refractivity contribution is -0.186. The topological polar surface area (TPSA) is 78.9 Å². The van der Waals surface area contributed by atoms with Gasteiger partial charge in [-0.15, -0.1) is 0 Å². The highest BCUT2D eigenvalue weighted by molar-refractivity contribution is 7.81. The van der Waals surface area contributed by atoms with E-state index < -0.39 is 34.5 Å². The number of carbonyl (C=O) groups excluding carboxylic acids is 3. The summed E-state index contributed by atoms with van der Waals surface area (Å²) < 4.78 is 15.8. The van der Waals surface area contributed by atoms with Crippen LogP contribution < -0.4 is 0 Å². The van der Waals surface area contributed by atoms with Crippen LogP contribution in [-0.4, -0.2) is 43.0 Å². The highest BCUT2D eigenvalue weighted by atomic mass is 32.1. The third-order valence-corrected chi connectivity index (χ3v) is 6.49. The van der Waals surface area contributed by atoms with Gasteiger partial charge in [0, 0.05) is 11.2 Å². The molecule has 3 rings (SSSR count). The minimum Gasteiger partial charge on any atom is -0.465 e. The molecule has 1 aliphatic carbocycles. The van der Waals surface area contributed by atoms with Crippen molar-refractivity contribution in [3.63, 3.8) is 0 Å². The fourth-order valence-corrected chi connectivity index (χ4v) is 5.01.